The molecule has 0 bridgehead atoms. The fraction of sp³-hybridized carbons (Fsp3) is 0.389. The van der Waals surface area contributed by atoms with Crippen molar-refractivity contribution in [3.63, 3.8) is 0 Å². The number of nitrogens with zero attached hydrogens (tertiary/aromatic N) is 2. The fourth-order valence-corrected chi connectivity index (χ4v) is 2.27. The molecule has 25 heavy (non-hydrogen) atoms. The number of esters is 2. The van der Waals surface area contributed by atoms with Gasteiger partial charge in [-0.25, -0.2) is 18.7 Å². The monoisotopic (exact) mass is 347 g/mol. The highest BCUT2D eigenvalue weighted by Crippen LogP contribution is 2.14. The summed E-state index contributed by atoms with van der Waals surface area (Å²) >= 11 is 0. The number of imidazole rings is 1. The van der Waals surface area contributed by atoms with Gasteiger partial charge < -0.3 is 14.2 Å². The summed E-state index contributed by atoms with van der Waals surface area (Å²) in [4.78, 5) is 25.0. The molecule has 2 atom stereocenters. The SMILES string of the molecule is CCO[C@@H](C)OC(=O)C(C(=O)OCc1ccccc1)n1cc[n+](C)c1. The van der Waals surface area contributed by atoms with Crippen LogP contribution in [0.15, 0.2) is 49.1 Å². The van der Waals surface area contributed by atoms with E-state index in [0.29, 0.717) is 6.61 Å². The van der Waals surface area contributed by atoms with Gasteiger partial charge in [0.2, 0.25) is 6.33 Å². The zero-order valence-corrected chi connectivity index (χ0v) is 14.6. The molecule has 0 amide bonds. The van der Waals surface area contributed by atoms with Gasteiger partial charge in [0.15, 0.2) is 6.29 Å². The van der Waals surface area contributed by atoms with Crippen molar-refractivity contribution in [2.75, 3.05) is 6.61 Å². The molecule has 1 unspecified atom stereocenters. The third kappa shape index (κ3) is 5.42. The highest BCUT2D eigenvalue weighted by atomic mass is 16.7. The molecule has 0 fully saturated rings. The van der Waals surface area contributed by atoms with Crippen LogP contribution < -0.4 is 4.57 Å². The summed E-state index contributed by atoms with van der Waals surface area (Å²) < 4.78 is 18.9. The first kappa shape index (κ1) is 18.7. The summed E-state index contributed by atoms with van der Waals surface area (Å²) in [5.41, 5.74) is 0.837. The Morgan fingerprint density at radius 3 is 2.52 bits per heavy atom. The van der Waals surface area contributed by atoms with Crippen LogP contribution in [0.5, 0.6) is 0 Å². The molecule has 0 saturated heterocycles. The first-order chi connectivity index (χ1) is 12.0. The molecule has 1 aromatic heterocycles. The van der Waals surface area contributed by atoms with Gasteiger partial charge in [-0.2, -0.15) is 0 Å². The van der Waals surface area contributed by atoms with Crippen molar-refractivity contribution in [1.82, 2.24) is 4.57 Å². The number of aromatic nitrogens is 2. The second-order valence-corrected chi connectivity index (χ2v) is 5.48. The van der Waals surface area contributed by atoms with E-state index in [1.165, 1.54) is 4.57 Å². The standard InChI is InChI=1S/C18H23N2O5/c1-4-23-14(2)25-18(22)16(20-11-10-19(3)13-20)17(21)24-12-15-8-6-5-7-9-15/h5-11,13-14,16H,4,12H2,1-3H3/q+1/t14-,16?/m1/s1. The lowest BCUT2D eigenvalue weighted by atomic mass is 10.2. The third-order valence-corrected chi connectivity index (χ3v) is 3.44. The maximum absolute atomic E-state index is 12.5. The molecular formula is C18H23N2O5+. The molecule has 7 heteroatoms. The van der Waals surface area contributed by atoms with Crippen molar-refractivity contribution in [2.45, 2.75) is 32.8 Å². The number of hydrogen-bond donors (Lipinski definition) is 0. The first-order valence-corrected chi connectivity index (χ1v) is 8.06. The molecule has 1 heterocycles. The van der Waals surface area contributed by atoms with Crippen LogP contribution in [0.2, 0.25) is 0 Å². The number of hydrogen-bond acceptors (Lipinski definition) is 5. The van der Waals surface area contributed by atoms with E-state index in [1.54, 1.807) is 44.2 Å². The third-order valence-electron chi connectivity index (χ3n) is 3.44. The van der Waals surface area contributed by atoms with Crippen molar-refractivity contribution < 1.29 is 28.4 Å². The van der Waals surface area contributed by atoms with E-state index in [-0.39, 0.29) is 6.61 Å². The topological polar surface area (TPSA) is 70.6 Å². The van der Waals surface area contributed by atoms with Crippen LogP contribution in [0.25, 0.3) is 0 Å². The Kier molecular flexibility index (Phi) is 6.71. The maximum Gasteiger partial charge on any atom is 0.366 e. The molecule has 7 nitrogen and oxygen atoms in total. The lowest BCUT2D eigenvalue weighted by Crippen LogP contribution is -2.34. The van der Waals surface area contributed by atoms with Gasteiger partial charge >= 0.3 is 11.9 Å². The Bertz CT molecular complexity index is 699. The van der Waals surface area contributed by atoms with Gasteiger partial charge in [0.1, 0.15) is 19.0 Å². The van der Waals surface area contributed by atoms with Gasteiger partial charge in [-0.1, -0.05) is 30.3 Å². The van der Waals surface area contributed by atoms with Crippen LogP contribution in [-0.2, 0) is 37.5 Å². The molecule has 134 valence electrons. The van der Waals surface area contributed by atoms with Crippen LogP contribution in [0, 0.1) is 0 Å². The number of benzene rings is 1. The van der Waals surface area contributed by atoms with Crippen LogP contribution in [0.4, 0.5) is 0 Å². The highest BCUT2D eigenvalue weighted by Gasteiger charge is 2.37. The van der Waals surface area contributed by atoms with Gasteiger partial charge in [-0.05, 0) is 19.4 Å². The predicted molar refractivity (Wildman–Crippen MR) is 88.1 cm³/mol. The Hall–Kier alpha value is -2.67. The molecule has 2 aromatic rings. The minimum absolute atomic E-state index is 0.0812. The average Bonchev–Trinajstić information content (AvgIpc) is 3.00. The molecule has 0 radical (unpaired) electrons. The summed E-state index contributed by atoms with van der Waals surface area (Å²) in [6.07, 6.45) is 4.20. The van der Waals surface area contributed by atoms with Crippen LogP contribution >= 0.6 is 0 Å². The molecule has 1 aromatic carbocycles. The van der Waals surface area contributed by atoms with Crippen LogP contribution in [0.3, 0.4) is 0 Å². The molecule has 0 aliphatic carbocycles. The van der Waals surface area contributed by atoms with Crippen LogP contribution in [-0.4, -0.2) is 29.4 Å². The quantitative estimate of drug-likeness (QED) is 0.313. The van der Waals surface area contributed by atoms with Crippen LogP contribution in [0.1, 0.15) is 25.5 Å². The van der Waals surface area contributed by atoms with Crippen molar-refractivity contribution >= 4 is 11.9 Å². The van der Waals surface area contributed by atoms with E-state index >= 15 is 0 Å². The summed E-state index contributed by atoms with van der Waals surface area (Å²) in [5, 5.41) is 0. The molecule has 0 N–H and O–H groups in total. The molecular weight excluding hydrogens is 324 g/mol. The van der Waals surface area contributed by atoms with E-state index < -0.39 is 24.3 Å². The summed E-state index contributed by atoms with van der Waals surface area (Å²) in [7, 11) is 1.79. The maximum atomic E-state index is 12.5. The molecule has 2 rings (SSSR count). The summed E-state index contributed by atoms with van der Waals surface area (Å²) in [6, 6.07) is 8.03. The van der Waals surface area contributed by atoms with E-state index in [4.69, 9.17) is 14.2 Å². The van der Waals surface area contributed by atoms with Gasteiger partial charge in [0, 0.05) is 6.61 Å². The minimum atomic E-state index is -1.23. The largest absolute Gasteiger partial charge is 0.457 e. The second-order valence-electron chi connectivity index (χ2n) is 5.48. The Labute approximate surface area is 146 Å². The van der Waals surface area contributed by atoms with Gasteiger partial charge in [-0.15, -0.1) is 0 Å². The van der Waals surface area contributed by atoms with E-state index in [9.17, 15) is 9.59 Å². The average molecular weight is 347 g/mol. The number of rotatable bonds is 8. The van der Waals surface area contributed by atoms with Crippen molar-refractivity contribution in [2.24, 2.45) is 7.05 Å². The molecule has 0 spiro atoms. The first-order valence-electron chi connectivity index (χ1n) is 8.06. The lowest BCUT2D eigenvalue weighted by Gasteiger charge is -2.16. The number of ether oxygens (including phenoxy) is 3. The fourth-order valence-electron chi connectivity index (χ4n) is 2.27. The van der Waals surface area contributed by atoms with Gasteiger partial charge in [0.25, 0.3) is 6.04 Å². The zero-order chi connectivity index (χ0) is 18.2. The Morgan fingerprint density at radius 1 is 1.20 bits per heavy atom. The smallest absolute Gasteiger partial charge is 0.366 e. The predicted octanol–water partition coefficient (Wildman–Crippen LogP) is 1.52. The molecule has 0 aliphatic rings. The molecule has 0 aliphatic heterocycles. The Morgan fingerprint density at radius 2 is 1.92 bits per heavy atom. The van der Waals surface area contributed by atoms with E-state index in [1.807, 2.05) is 30.3 Å². The second kappa shape index (κ2) is 8.98. The summed E-state index contributed by atoms with van der Waals surface area (Å²) in [6.45, 7) is 3.87. The van der Waals surface area contributed by atoms with Crippen molar-refractivity contribution in [1.29, 1.82) is 0 Å². The van der Waals surface area contributed by atoms with Gasteiger partial charge in [-0.3, -0.25) is 0 Å². The number of carbonyl (C=O) groups is 2. The zero-order valence-electron chi connectivity index (χ0n) is 14.6. The minimum Gasteiger partial charge on any atom is -0.457 e. The normalized spacial score (nSPS) is 13.1. The number of aryl methyl sites for hydroxylation is 1. The number of carbonyl (C=O) groups excluding carboxylic acids is 2. The van der Waals surface area contributed by atoms with E-state index in [0.717, 1.165) is 5.56 Å². The van der Waals surface area contributed by atoms with Gasteiger partial charge in [0.05, 0.1) is 7.05 Å². The summed E-state index contributed by atoms with van der Waals surface area (Å²) in [5.74, 6) is -1.41. The van der Waals surface area contributed by atoms with E-state index in [2.05, 4.69) is 0 Å². The highest BCUT2D eigenvalue weighted by molar-refractivity contribution is 5.97. The van der Waals surface area contributed by atoms with Crippen molar-refractivity contribution in [3.8, 4) is 0 Å². The Balaban J connectivity index is 2.10. The lowest BCUT2D eigenvalue weighted by molar-refractivity contribution is -0.671. The molecule has 0 saturated carbocycles. The van der Waals surface area contributed by atoms with Crippen molar-refractivity contribution in [3.05, 3.63) is 54.6 Å².